The van der Waals surface area contributed by atoms with Gasteiger partial charge in [-0.2, -0.15) is 0 Å². The summed E-state index contributed by atoms with van der Waals surface area (Å²) in [6, 6.07) is 14.9. The molecule has 0 aliphatic carbocycles. The van der Waals surface area contributed by atoms with Gasteiger partial charge in [0.25, 0.3) is 15.7 Å². The van der Waals surface area contributed by atoms with E-state index in [9.17, 15) is 31.7 Å². The Kier molecular flexibility index (Phi) is 7.29. The van der Waals surface area contributed by atoms with E-state index < -0.39 is 30.5 Å². The number of aldehydes is 1. The van der Waals surface area contributed by atoms with E-state index >= 15 is 0 Å². The smallest absolute Gasteiger partial charge is 0.298 e. The number of hydrogen-bond donors (Lipinski definition) is 0. The maximum atomic E-state index is 13.5. The van der Waals surface area contributed by atoms with Crippen molar-refractivity contribution in [2.24, 2.45) is 0 Å². The van der Waals surface area contributed by atoms with Crippen LogP contribution in [-0.2, 0) is 26.4 Å². The number of nitrogens with zero attached hydrogens (tertiary/aromatic N) is 4. The molecule has 0 amide bonds. The van der Waals surface area contributed by atoms with Crippen molar-refractivity contribution >= 4 is 42.9 Å². The molecule has 0 unspecified atom stereocenters. The van der Waals surface area contributed by atoms with Crippen molar-refractivity contribution in [3.63, 3.8) is 0 Å². The molecule has 0 saturated carbocycles. The molecule has 0 bridgehead atoms. The predicted octanol–water partition coefficient (Wildman–Crippen LogP) is 3.67. The highest BCUT2D eigenvalue weighted by molar-refractivity contribution is 7.91. The Morgan fingerprint density at radius 1 is 1.02 bits per heavy atom. The van der Waals surface area contributed by atoms with E-state index in [0.29, 0.717) is 49.9 Å². The summed E-state index contributed by atoms with van der Waals surface area (Å²) in [6.45, 7) is 1.91. The molecule has 13 heteroatoms. The van der Waals surface area contributed by atoms with E-state index in [2.05, 4.69) is 9.88 Å². The second kappa shape index (κ2) is 10.6. The van der Waals surface area contributed by atoms with Crippen molar-refractivity contribution in [1.82, 2.24) is 13.9 Å². The van der Waals surface area contributed by atoms with Crippen LogP contribution in [0.4, 0.5) is 5.69 Å². The third-order valence-corrected chi connectivity index (χ3v) is 10.6. The summed E-state index contributed by atoms with van der Waals surface area (Å²) < 4.78 is 51.7. The zero-order valence-electron chi connectivity index (χ0n) is 21.5. The summed E-state index contributed by atoms with van der Waals surface area (Å²) in [5.74, 6) is 0. The fourth-order valence-corrected chi connectivity index (χ4v) is 7.50. The summed E-state index contributed by atoms with van der Waals surface area (Å²) in [5.41, 5.74) is 0.953. The average Bonchev–Trinajstić information content (AvgIpc) is 3.34. The van der Waals surface area contributed by atoms with Gasteiger partial charge in [-0.15, -0.1) is 0 Å². The van der Waals surface area contributed by atoms with E-state index in [1.807, 2.05) is 12.1 Å². The van der Waals surface area contributed by atoms with Crippen LogP contribution in [0.2, 0.25) is 0 Å². The van der Waals surface area contributed by atoms with Crippen molar-refractivity contribution in [2.45, 2.75) is 29.5 Å². The lowest BCUT2D eigenvalue weighted by Crippen LogP contribution is -2.38. The summed E-state index contributed by atoms with van der Waals surface area (Å²) in [6.07, 6.45) is 5.00. The number of aromatic nitrogens is 2. The van der Waals surface area contributed by atoms with E-state index in [1.165, 1.54) is 24.6 Å². The minimum atomic E-state index is -4.13. The molecular formula is C27H26N4O7S2. The van der Waals surface area contributed by atoms with Gasteiger partial charge in [0.15, 0.2) is 11.9 Å². The standard InChI is InChI=1S/C27H26N4O7S2/c1-39(35,36)21-11-13-29(14-12-21)16-19-7-9-20(10-8-19)23-17-30(40(37,38)22-5-3-2-4-6-22)27-26(23)24(18-32)25(15-28-27)31(33)34/h2-10,15,17-18,21H,11-14,16H2,1H3. The number of sulfone groups is 1. The van der Waals surface area contributed by atoms with Crippen LogP contribution in [0.25, 0.3) is 22.2 Å². The van der Waals surface area contributed by atoms with E-state index in [1.54, 1.807) is 30.3 Å². The Bertz CT molecular complexity index is 1810. The minimum Gasteiger partial charge on any atom is -0.299 e. The van der Waals surface area contributed by atoms with Gasteiger partial charge in [0.1, 0.15) is 21.6 Å². The Balaban J connectivity index is 1.55. The van der Waals surface area contributed by atoms with Gasteiger partial charge >= 0.3 is 0 Å². The molecule has 1 fully saturated rings. The molecule has 0 spiro atoms. The Labute approximate surface area is 231 Å². The molecule has 0 radical (unpaired) electrons. The number of carbonyl (C=O) groups excluding carboxylic acids is 1. The van der Waals surface area contributed by atoms with Gasteiger partial charge in [0.2, 0.25) is 0 Å². The zero-order valence-corrected chi connectivity index (χ0v) is 23.1. The second-order valence-corrected chi connectivity index (χ2v) is 13.9. The van der Waals surface area contributed by atoms with Crippen LogP contribution in [-0.4, -0.2) is 66.5 Å². The first kappa shape index (κ1) is 27.6. The molecule has 11 nitrogen and oxygen atoms in total. The number of piperidine rings is 1. The van der Waals surface area contributed by atoms with Gasteiger partial charge in [-0.3, -0.25) is 19.8 Å². The molecule has 208 valence electrons. The summed E-state index contributed by atoms with van der Waals surface area (Å²) in [7, 11) is -7.19. The lowest BCUT2D eigenvalue weighted by molar-refractivity contribution is -0.385. The van der Waals surface area contributed by atoms with Crippen LogP contribution in [0.5, 0.6) is 0 Å². The van der Waals surface area contributed by atoms with Crippen molar-refractivity contribution < 1.29 is 26.6 Å². The van der Waals surface area contributed by atoms with Crippen LogP contribution in [0.3, 0.4) is 0 Å². The third kappa shape index (κ3) is 5.15. The van der Waals surface area contributed by atoms with Crippen molar-refractivity contribution in [2.75, 3.05) is 19.3 Å². The Morgan fingerprint density at radius 3 is 2.25 bits per heavy atom. The molecule has 2 aromatic heterocycles. The summed E-state index contributed by atoms with van der Waals surface area (Å²) >= 11 is 0. The fraction of sp³-hybridized carbons (Fsp3) is 0.259. The number of nitro groups is 1. The molecule has 2 aromatic carbocycles. The van der Waals surface area contributed by atoms with Gasteiger partial charge < -0.3 is 0 Å². The first-order valence-corrected chi connectivity index (χ1v) is 15.8. The fourth-order valence-electron chi connectivity index (χ4n) is 5.10. The van der Waals surface area contributed by atoms with Gasteiger partial charge in [-0.25, -0.2) is 25.8 Å². The number of rotatable bonds is 8. The molecule has 0 N–H and O–H groups in total. The number of likely N-dealkylation sites (tertiary alicyclic amines) is 1. The Hall–Kier alpha value is -3.94. The SMILES string of the molecule is CS(=O)(=O)C1CCN(Cc2ccc(-c3cn(S(=O)(=O)c4ccccc4)c4ncc([N+](=O)[O-])c(C=O)c34)cc2)CC1. The molecule has 1 aliphatic heterocycles. The maximum Gasteiger partial charge on any atom is 0.298 e. The van der Waals surface area contributed by atoms with E-state index in [0.717, 1.165) is 15.7 Å². The maximum absolute atomic E-state index is 13.5. The highest BCUT2D eigenvalue weighted by atomic mass is 32.2. The number of carbonyl (C=O) groups is 1. The van der Waals surface area contributed by atoms with Crippen LogP contribution in [0.15, 0.2) is 71.9 Å². The van der Waals surface area contributed by atoms with Gasteiger partial charge in [-0.1, -0.05) is 42.5 Å². The van der Waals surface area contributed by atoms with Crippen LogP contribution >= 0.6 is 0 Å². The van der Waals surface area contributed by atoms with Crippen LogP contribution in [0, 0.1) is 10.1 Å². The van der Waals surface area contributed by atoms with Crippen LogP contribution in [0.1, 0.15) is 28.8 Å². The number of benzene rings is 2. The second-order valence-electron chi connectivity index (χ2n) is 9.79. The topological polar surface area (TPSA) is 150 Å². The predicted molar refractivity (Wildman–Crippen MR) is 149 cm³/mol. The van der Waals surface area contributed by atoms with Crippen molar-refractivity contribution in [3.8, 4) is 11.1 Å². The molecule has 3 heterocycles. The van der Waals surface area contributed by atoms with Gasteiger partial charge in [0, 0.05) is 29.9 Å². The Morgan fingerprint density at radius 2 is 1.68 bits per heavy atom. The number of hydrogen-bond acceptors (Lipinski definition) is 9. The lowest BCUT2D eigenvalue weighted by atomic mass is 10.0. The van der Waals surface area contributed by atoms with Gasteiger partial charge in [-0.05, 0) is 49.2 Å². The third-order valence-electron chi connectivity index (χ3n) is 7.23. The van der Waals surface area contributed by atoms with Crippen LogP contribution < -0.4 is 0 Å². The summed E-state index contributed by atoms with van der Waals surface area (Å²) in [5, 5.41) is 11.4. The zero-order chi connectivity index (χ0) is 28.7. The number of pyridine rings is 1. The summed E-state index contributed by atoms with van der Waals surface area (Å²) in [4.78, 5) is 29.3. The lowest BCUT2D eigenvalue weighted by Gasteiger charge is -2.31. The van der Waals surface area contributed by atoms with Crippen molar-refractivity contribution in [1.29, 1.82) is 0 Å². The monoisotopic (exact) mass is 582 g/mol. The normalized spacial score (nSPS) is 15.3. The average molecular weight is 583 g/mol. The quantitative estimate of drug-likeness (QED) is 0.172. The largest absolute Gasteiger partial charge is 0.299 e. The molecule has 4 aromatic rings. The molecule has 5 rings (SSSR count). The van der Waals surface area contributed by atoms with Gasteiger partial charge in [0.05, 0.1) is 15.1 Å². The molecular weight excluding hydrogens is 556 g/mol. The first-order valence-electron chi connectivity index (χ1n) is 12.5. The highest BCUT2D eigenvalue weighted by Gasteiger charge is 2.29. The molecule has 0 atom stereocenters. The van der Waals surface area contributed by atoms with Crippen molar-refractivity contribution in [3.05, 3.63) is 88.2 Å². The van der Waals surface area contributed by atoms with E-state index in [4.69, 9.17) is 0 Å². The first-order chi connectivity index (χ1) is 19.0. The molecule has 1 aliphatic rings. The van der Waals surface area contributed by atoms with E-state index in [-0.39, 0.29) is 26.7 Å². The minimum absolute atomic E-state index is 0.00116. The number of fused-ring (bicyclic) bond motifs is 1. The highest BCUT2D eigenvalue weighted by Crippen LogP contribution is 2.37. The molecule has 1 saturated heterocycles. The molecule has 40 heavy (non-hydrogen) atoms.